The highest BCUT2D eigenvalue weighted by molar-refractivity contribution is 5.40. The van der Waals surface area contributed by atoms with Crippen molar-refractivity contribution in [2.24, 2.45) is 5.92 Å². The second-order valence-electron chi connectivity index (χ2n) is 6.35. The summed E-state index contributed by atoms with van der Waals surface area (Å²) in [4.78, 5) is 2.59. The highest BCUT2D eigenvalue weighted by atomic mass is 15.1. The topological polar surface area (TPSA) is 3.24 Å². The minimum atomic E-state index is 0.459. The van der Waals surface area contributed by atoms with E-state index in [9.17, 15) is 0 Å². The van der Waals surface area contributed by atoms with E-state index in [2.05, 4.69) is 50.1 Å². The van der Waals surface area contributed by atoms with Gasteiger partial charge in [0.1, 0.15) is 0 Å². The Hall–Kier alpha value is -0.820. The zero-order valence-electron chi connectivity index (χ0n) is 11.9. The molecule has 3 rings (SSSR count). The number of fused-ring (bicyclic) bond motifs is 4. The van der Waals surface area contributed by atoms with Crippen LogP contribution in [0.1, 0.15) is 44.2 Å². The van der Waals surface area contributed by atoms with Crippen LogP contribution in [0.4, 0.5) is 0 Å². The summed E-state index contributed by atoms with van der Waals surface area (Å²) in [5.74, 6) is 0.797. The smallest absolute Gasteiger partial charge is 0.0167 e. The molecule has 1 saturated heterocycles. The van der Waals surface area contributed by atoms with Crippen molar-refractivity contribution in [3.05, 3.63) is 35.4 Å². The summed E-state index contributed by atoms with van der Waals surface area (Å²) in [6, 6.07) is 9.97. The molecule has 0 aromatic heterocycles. The molecular formula is C17H25N. The van der Waals surface area contributed by atoms with Crippen LogP contribution in [0.5, 0.6) is 0 Å². The molecule has 2 bridgehead atoms. The van der Waals surface area contributed by atoms with Gasteiger partial charge in [-0.05, 0) is 49.9 Å². The number of benzene rings is 1. The summed E-state index contributed by atoms with van der Waals surface area (Å²) in [7, 11) is 2.31. The Labute approximate surface area is 111 Å². The van der Waals surface area contributed by atoms with Crippen molar-refractivity contribution in [1.82, 2.24) is 4.90 Å². The molecule has 1 fully saturated rings. The second kappa shape index (κ2) is 4.38. The van der Waals surface area contributed by atoms with Gasteiger partial charge in [-0.1, -0.05) is 44.5 Å². The molecule has 1 aromatic carbocycles. The van der Waals surface area contributed by atoms with Crippen molar-refractivity contribution in [3.63, 3.8) is 0 Å². The number of nitrogens with zero attached hydrogens (tertiary/aromatic N) is 1. The number of likely N-dealkylation sites (tertiary alicyclic amines) is 1. The van der Waals surface area contributed by atoms with Crippen molar-refractivity contribution < 1.29 is 0 Å². The Bertz CT molecular complexity index is 439. The van der Waals surface area contributed by atoms with Gasteiger partial charge in [0.05, 0.1) is 0 Å². The van der Waals surface area contributed by atoms with Gasteiger partial charge >= 0.3 is 0 Å². The minimum absolute atomic E-state index is 0.459. The molecule has 0 N–H and O–H groups in total. The lowest BCUT2D eigenvalue weighted by atomic mass is 9.56. The Kier molecular flexibility index (Phi) is 2.97. The third-order valence-electron chi connectivity index (χ3n) is 5.60. The van der Waals surface area contributed by atoms with Crippen molar-refractivity contribution in [2.75, 3.05) is 13.6 Å². The van der Waals surface area contributed by atoms with Crippen LogP contribution in [0.2, 0.25) is 0 Å². The van der Waals surface area contributed by atoms with Gasteiger partial charge in [0.15, 0.2) is 0 Å². The molecule has 0 spiro atoms. The Balaban J connectivity index is 2.13. The summed E-state index contributed by atoms with van der Waals surface area (Å²) in [6.07, 6.45) is 5.25. The minimum Gasteiger partial charge on any atom is -0.303 e. The summed E-state index contributed by atoms with van der Waals surface area (Å²) in [5, 5.41) is 0. The maximum atomic E-state index is 2.59. The number of rotatable bonds is 2. The van der Waals surface area contributed by atoms with Crippen LogP contribution in [0.25, 0.3) is 0 Å². The zero-order chi connectivity index (χ0) is 12.8. The molecule has 1 aromatic rings. The van der Waals surface area contributed by atoms with E-state index in [1.165, 1.54) is 32.2 Å². The molecule has 98 valence electrons. The number of hydrogen-bond acceptors (Lipinski definition) is 1. The van der Waals surface area contributed by atoms with E-state index in [-0.39, 0.29) is 0 Å². The predicted molar refractivity (Wildman–Crippen MR) is 76.9 cm³/mol. The molecule has 1 unspecified atom stereocenters. The van der Waals surface area contributed by atoms with Crippen LogP contribution in [-0.4, -0.2) is 24.5 Å². The van der Waals surface area contributed by atoms with Crippen LogP contribution in [0, 0.1) is 5.92 Å². The molecule has 0 radical (unpaired) electrons. The van der Waals surface area contributed by atoms with Crippen molar-refractivity contribution in [3.8, 4) is 0 Å². The lowest BCUT2D eigenvalue weighted by Crippen LogP contribution is -2.57. The molecule has 2 aliphatic rings. The molecule has 1 nitrogen and oxygen atoms in total. The van der Waals surface area contributed by atoms with Gasteiger partial charge < -0.3 is 4.90 Å². The van der Waals surface area contributed by atoms with E-state index >= 15 is 0 Å². The van der Waals surface area contributed by atoms with Crippen molar-refractivity contribution >= 4 is 0 Å². The second-order valence-corrected chi connectivity index (χ2v) is 6.35. The van der Waals surface area contributed by atoms with Gasteiger partial charge in [-0.15, -0.1) is 0 Å². The summed E-state index contributed by atoms with van der Waals surface area (Å²) in [5.41, 5.74) is 3.74. The van der Waals surface area contributed by atoms with E-state index in [4.69, 9.17) is 0 Å². The molecular weight excluding hydrogens is 218 g/mol. The molecule has 3 atom stereocenters. The van der Waals surface area contributed by atoms with Crippen LogP contribution in [0.3, 0.4) is 0 Å². The van der Waals surface area contributed by atoms with E-state index in [0.717, 1.165) is 12.0 Å². The lowest BCUT2D eigenvalue weighted by Gasteiger charge is -2.55. The van der Waals surface area contributed by atoms with E-state index in [1.807, 2.05) is 0 Å². The predicted octanol–water partition coefficient (Wildman–Crippen LogP) is 3.62. The normalized spacial score (nSPS) is 35.3. The van der Waals surface area contributed by atoms with Crippen molar-refractivity contribution in [1.29, 1.82) is 0 Å². The van der Waals surface area contributed by atoms with Gasteiger partial charge in [0.25, 0.3) is 0 Å². The van der Waals surface area contributed by atoms with Crippen LogP contribution in [-0.2, 0) is 11.8 Å². The fraction of sp³-hybridized carbons (Fsp3) is 0.647. The molecule has 0 amide bonds. The summed E-state index contributed by atoms with van der Waals surface area (Å²) >= 11 is 0. The molecule has 1 heteroatoms. The molecule has 1 heterocycles. The largest absolute Gasteiger partial charge is 0.303 e. The SMILES string of the molecule is CCC[C@@]12CCN(C)C(Cc3ccccc31)[C@H]2C. The highest BCUT2D eigenvalue weighted by Crippen LogP contribution is 2.50. The van der Waals surface area contributed by atoms with E-state index in [0.29, 0.717) is 5.41 Å². The third-order valence-corrected chi connectivity index (χ3v) is 5.60. The standard InChI is InChI=1S/C17H25N/c1-4-9-17-10-11-18(3)16(13(17)2)12-14-7-5-6-8-15(14)17/h5-8,13,16H,4,9-12H2,1-3H3/t13-,16?,17+/m1/s1. The van der Waals surface area contributed by atoms with Gasteiger partial charge in [-0.3, -0.25) is 0 Å². The zero-order valence-corrected chi connectivity index (χ0v) is 11.9. The lowest BCUT2D eigenvalue weighted by molar-refractivity contribution is 0.0355. The van der Waals surface area contributed by atoms with E-state index in [1.54, 1.807) is 11.1 Å². The monoisotopic (exact) mass is 243 g/mol. The number of piperidine rings is 1. The van der Waals surface area contributed by atoms with Crippen molar-refractivity contribution in [2.45, 2.75) is 51.0 Å². The fourth-order valence-corrected chi connectivity index (χ4v) is 4.57. The molecule has 1 aliphatic carbocycles. The van der Waals surface area contributed by atoms with Crippen LogP contribution >= 0.6 is 0 Å². The first-order valence-electron chi connectivity index (χ1n) is 7.47. The van der Waals surface area contributed by atoms with Gasteiger partial charge in [0, 0.05) is 11.5 Å². The van der Waals surface area contributed by atoms with Gasteiger partial charge in [-0.25, -0.2) is 0 Å². The summed E-state index contributed by atoms with van der Waals surface area (Å²) in [6.45, 7) is 6.10. The maximum absolute atomic E-state index is 2.59. The number of likely N-dealkylation sites (N-methyl/N-ethyl adjacent to an activating group) is 1. The molecule has 0 saturated carbocycles. The average Bonchev–Trinajstić information content (AvgIpc) is 2.38. The van der Waals surface area contributed by atoms with Crippen LogP contribution in [0.15, 0.2) is 24.3 Å². The maximum Gasteiger partial charge on any atom is 0.0167 e. The molecule has 1 aliphatic heterocycles. The number of hydrogen-bond donors (Lipinski definition) is 0. The van der Waals surface area contributed by atoms with E-state index < -0.39 is 0 Å². The third kappa shape index (κ3) is 1.56. The molecule has 18 heavy (non-hydrogen) atoms. The Morgan fingerprint density at radius 1 is 1.33 bits per heavy atom. The first-order valence-corrected chi connectivity index (χ1v) is 7.47. The Morgan fingerprint density at radius 2 is 2.11 bits per heavy atom. The Morgan fingerprint density at radius 3 is 2.89 bits per heavy atom. The van der Waals surface area contributed by atoms with Crippen LogP contribution < -0.4 is 0 Å². The summed E-state index contributed by atoms with van der Waals surface area (Å²) < 4.78 is 0. The first kappa shape index (κ1) is 12.2. The quantitative estimate of drug-likeness (QED) is 0.767. The highest BCUT2D eigenvalue weighted by Gasteiger charge is 2.49. The fourth-order valence-electron chi connectivity index (χ4n) is 4.57. The van der Waals surface area contributed by atoms with Gasteiger partial charge in [-0.2, -0.15) is 0 Å². The first-order chi connectivity index (χ1) is 8.69. The van der Waals surface area contributed by atoms with Gasteiger partial charge in [0.2, 0.25) is 0 Å². The average molecular weight is 243 g/mol.